The van der Waals surface area contributed by atoms with Gasteiger partial charge < -0.3 is 9.84 Å². The van der Waals surface area contributed by atoms with Crippen LogP contribution in [0.1, 0.15) is 24.8 Å². The number of ether oxygens (including phenoxy) is 1. The summed E-state index contributed by atoms with van der Waals surface area (Å²) in [5.74, 6) is -1.19. The van der Waals surface area contributed by atoms with Crippen LogP contribution in [0.3, 0.4) is 0 Å². The molecular formula is C20H23Br2NO2. The first-order valence-electron chi connectivity index (χ1n) is 8.61. The number of nitrogens with zero attached hydrogens (tertiary/aromatic N) is 1. The maximum atomic E-state index is 11.0. The highest BCUT2D eigenvalue weighted by molar-refractivity contribution is 9.10. The monoisotopic (exact) mass is 467 g/mol. The number of piperidine rings is 1. The van der Waals surface area contributed by atoms with E-state index in [2.05, 4.69) is 45.1 Å². The Morgan fingerprint density at radius 3 is 2.32 bits per heavy atom. The minimum Gasteiger partial charge on any atom is -0.361 e. The van der Waals surface area contributed by atoms with Gasteiger partial charge in [0.1, 0.15) is 0 Å². The van der Waals surface area contributed by atoms with Gasteiger partial charge in [0.05, 0.1) is 13.2 Å². The van der Waals surface area contributed by atoms with E-state index in [1.165, 1.54) is 19.3 Å². The van der Waals surface area contributed by atoms with E-state index in [4.69, 9.17) is 4.74 Å². The van der Waals surface area contributed by atoms with Crippen LogP contribution in [0.4, 0.5) is 0 Å². The van der Waals surface area contributed by atoms with E-state index in [0.29, 0.717) is 19.2 Å². The second kappa shape index (κ2) is 7.89. The van der Waals surface area contributed by atoms with Gasteiger partial charge in [0.15, 0.2) is 0 Å². The Kier molecular flexibility index (Phi) is 6.01. The molecule has 0 spiro atoms. The Balaban J connectivity index is 0.00000182. The fourth-order valence-electron chi connectivity index (χ4n) is 3.75. The first-order chi connectivity index (χ1) is 11.6. The molecule has 5 heteroatoms. The SMILES string of the molecule is Br.OC1(c2ccc(-c3ccc(Br)cc3)cc2)CN2CCCCC2CO1. The molecule has 25 heavy (non-hydrogen) atoms. The van der Waals surface area contributed by atoms with Gasteiger partial charge in [-0.15, -0.1) is 17.0 Å². The molecule has 2 saturated heterocycles. The fourth-order valence-corrected chi connectivity index (χ4v) is 4.02. The molecule has 2 aliphatic heterocycles. The van der Waals surface area contributed by atoms with Gasteiger partial charge in [-0.1, -0.05) is 58.7 Å². The van der Waals surface area contributed by atoms with E-state index in [9.17, 15) is 5.11 Å². The Bertz CT molecular complexity index is 705. The van der Waals surface area contributed by atoms with Crippen LogP contribution in [0.25, 0.3) is 11.1 Å². The summed E-state index contributed by atoms with van der Waals surface area (Å²) in [7, 11) is 0. The molecule has 2 aromatic rings. The first-order valence-corrected chi connectivity index (χ1v) is 9.40. The normalized spacial score (nSPS) is 26.6. The summed E-state index contributed by atoms with van der Waals surface area (Å²) in [5, 5.41) is 11.0. The van der Waals surface area contributed by atoms with Crippen molar-refractivity contribution in [1.82, 2.24) is 4.90 Å². The van der Waals surface area contributed by atoms with E-state index < -0.39 is 5.79 Å². The molecule has 0 aliphatic carbocycles. The summed E-state index contributed by atoms with van der Waals surface area (Å²) in [6, 6.07) is 16.8. The van der Waals surface area contributed by atoms with Gasteiger partial charge in [0.2, 0.25) is 5.79 Å². The Morgan fingerprint density at radius 2 is 1.64 bits per heavy atom. The summed E-state index contributed by atoms with van der Waals surface area (Å²) in [5.41, 5.74) is 3.14. The molecule has 4 rings (SSSR count). The lowest BCUT2D eigenvalue weighted by Gasteiger charge is -2.46. The van der Waals surface area contributed by atoms with E-state index in [1.807, 2.05) is 24.3 Å². The van der Waals surface area contributed by atoms with E-state index in [0.717, 1.165) is 27.7 Å². The number of fused-ring (bicyclic) bond motifs is 1. The summed E-state index contributed by atoms with van der Waals surface area (Å²) >= 11 is 3.46. The van der Waals surface area contributed by atoms with Gasteiger partial charge in [-0.2, -0.15) is 0 Å². The minimum absolute atomic E-state index is 0. The van der Waals surface area contributed by atoms with Crippen molar-refractivity contribution in [2.24, 2.45) is 0 Å². The van der Waals surface area contributed by atoms with Crippen LogP contribution in [-0.4, -0.2) is 35.7 Å². The molecule has 2 fully saturated rings. The smallest absolute Gasteiger partial charge is 0.205 e. The molecule has 2 atom stereocenters. The van der Waals surface area contributed by atoms with Crippen LogP contribution in [0, 0.1) is 0 Å². The van der Waals surface area contributed by atoms with Crippen molar-refractivity contribution in [2.45, 2.75) is 31.1 Å². The highest BCUT2D eigenvalue weighted by atomic mass is 79.9. The fraction of sp³-hybridized carbons (Fsp3) is 0.400. The molecule has 0 amide bonds. The van der Waals surface area contributed by atoms with Crippen LogP contribution >= 0.6 is 32.9 Å². The molecule has 2 aliphatic rings. The summed E-state index contributed by atoms with van der Waals surface area (Å²) < 4.78 is 6.96. The van der Waals surface area contributed by atoms with Gasteiger partial charge >= 0.3 is 0 Å². The van der Waals surface area contributed by atoms with Gasteiger partial charge in [-0.05, 0) is 42.6 Å². The van der Waals surface area contributed by atoms with Crippen LogP contribution < -0.4 is 0 Å². The molecular weight excluding hydrogens is 446 g/mol. The zero-order valence-corrected chi connectivity index (χ0v) is 17.3. The molecule has 0 aromatic heterocycles. The van der Waals surface area contributed by atoms with Crippen LogP contribution in [0.2, 0.25) is 0 Å². The molecule has 0 radical (unpaired) electrons. The average Bonchev–Trinajstić information content (AvgIpc) is 2.62. The van der Waals surface area contributed by atoms with Crippen molar-refractivity contribution in [3.05, 3.63) is 58.6 Å². The summed E-state index contributed by atoms with van der Waals surface area (Å²) in [6.07, 6.45) is 3.67. The zero-order valence-electron chi connectivity index (χ0n) is 14.0. The van der Waals surface area contributed by atoms with Crippen molar-refractivity contribution in [2.75, 3.05) is 19.7 Å². The molecule has 134 valence electrons. The van der Waals surface area contributed by atoms with Crippen molar-refractivity contribution in [3.63, 3.8) is 0 Å². The number of hydrogen-bond acceptors (Lipinski definition) is 3. The van der Waals surface area contributed by atoms with Crippen LogP contribution in [0.15, 0.2) is 53.0 Å². The number of aliphatic hydroxyl groups is 1. The molecule has 1 N–H and O–H groups in total. The number of benzene rings is 2. The van der Waals surface area contributed by atoms with Gasteiger partial charge in [-0.25, -0.2) is 0 Å². The number of rotatable bonds is 2. The minimum atomic E-state index is -1.19. The van der Waals surface area contributed by atoms with E-state index in [1.54, 1.807) is 0 Å². The standard InChI is InChI=1S/C20H22BrNO2.BrH/c21-18-10-6-16(7-11-18)15-4-8-17(9-5-15)20(23)14-22-12-2-1-3-19(22)13-24-20;/h4-11,19,23H,1-3,12-14H2;1H. The first kappa shape index (κ1) is 19.1. The number of morpholine rings is 1. The molecule has 3 nitrogen and oxygen atoms in total. The topological polar surface area (TPSA) is 32.7 Å². The lowest BCUT2D eigenvalue weighted by molar-refractivity contribution is -0.264. The lowest BCUT2D eigenvalue weighted by Crippen LogP contribution is -2.56. The molecule has 2 unspecified atom stereocenters. The Hall–Kier alpha value is -0.720. The van der Waals surface area contributed by atoms with E-state index in [-0.39, 0.29) is 17.0 Å². The third-order valence-electron chi connectivity index (χ3n) is 5.19. The second-order valence-corrected chi connectivity index (χ2v) is 7.72. The lowest BCUT2D eigenvalue weighted by atomic mass is 9.95. The molecule has 2 aromatic carbocycles. The van der Waals surface area contributed by atoms with Gasteiger partial charge in [-0.3, -0.25) is 4.90 Å². The summed E-state index contributed by atoms with van der Waals surface area (Å²) in [6.45, 7) is 2.24. The summed E-state index contributed by atoms with van der Waals surface area (Å²) in [4.78, 5) is 2.38. The third kappa shape index (κ3) is 4.01. The third-order valence-corrected chi connectivity index (χ3v) is 5.72. The van der Waals surface area contributed by atoms with Crippen molar-refractivity contribution in [1.29, 1.82) is 0 Å². The second-order valence-electron chi connectivity index (χ2n) is 6.80. The Morgan fingerprint density at radius 1 is 1.00 bits per heavy atom. The highest BCUT2D eigenvalue weighted by Gasteiger charge is 2.41. The average molecular weight is 469 g/mol. The van der Waals surface area contributed by atoms with Crippen LogP contribution in [0.5, 0.6) is 0 Å². The molecule has 0 bridgehead atoms. The van der Waals surface area contributed by atoms with Gasteiger partial charge in [0.25, 0.3) is 0 Å². The Labute approximate surface area is 167 Å². The highest BCUT2D eigenvalue weighted by Crippen LogP contribution is 2.33. The zero-order chi connectivity index (χ0) is 16.6. The van der Waals surface area contributed by atoms with Crippen molar-refractivity contribution in [3.8, 4) is 11.1 Å². The maximum absolute atomic E-state index is 11.0. The quantitative estimate of drug-likeness (QED) is 0.691. The van der Waals surface area contributed by atoms with Crippen LogP contribution in [-0.2, 0) is 10.5 Å². The van der Waals surface area contributed by atoms with Crippen molar-refractivity contribution < 1.29 is 9.84 Å². The predicted octanol–water partition coefficient (Wildman–Crippen LogP) is 4.72. The predicted molar refractivity (Wildman–Crippen MR) is 109 cm³/mol. The van der Waals surface area contributed by atoms with Gasteiger partial charge in [0, 0.05) is 16.1 Å². The maximum Gasteiger partial charge on any atom is 0.205 e. The van der Waals surface area contributed by atoms with Crippen molar-refractivity contribution >= 4 is 32.9 Å². The van der Waals surface area contributed by atoms with E-state index >= 15 is 0 Å². The molecule has 0 saturated carbocycles. The number of hydrogen-bond donors (Lipinski definition) is 1. The molecule has 2 heterocycles. The largest absolute Gasteiger partial charge is 0.361 e. The number of halogens is 2.